The van der Waals surface area contributed by atoms with Crippen molar-refractivity contribution in [3.8, 4) is 17.2 Å². The third kappa shape index (κ3) is 9.08. The number of nitriles is 1. The second-order valence-electron chi connectivity index (χ2n) is 12.0. The van der Waals surface area contributed by atoms with E-state index < -0.39 is 5.97 Å². The van der Waals surface area contributed by atoms with Gasteiger partial charge in [-0.05, 0) is 109 Å². The lowest BCUT2D eigenvalue weighted by Crippen LogP contribution is -2.19. The second-order valence-corrected chi connectivity index (χ2v) is 12.0. The fraction of sp³-hybridized carbons (Fsp3) is 0.0870. The van der Waals surface area contributed by atoms with Crippen LogP contribution >= 0.6 is 0 Å². The largest absolute Gasteiger partial charge is 0.477 e. The lowest BCUT2D eigenvalue weighted by molar-refractivity contribution is -0.132. The quantitative estimate of drug-likeness (QED) is 0.0873. The lowest BCUT2D eigenvalue weighted by Gasteiger charge is -2.26. The SMILES string of the molecule is C=CC(=C)N(c1ccc(/C=C/C=C(\C#N)C(=O)O)cc1)c1ccc(-c2ccc(CC3=CCC=C(N(/C(C)=C/C)c4ccccc4)C=C3)cc2)cc1. The van der Waals surface area contributed by atoms with E-state index in [2.05, 4.69) is 135 Å². The number of nitrogens with zero attached hydrogens (tertiary/aromatic N) is 3. The molecular formula is C46H41N3O2. The van der Waals surface area contributed by atoms with Crippen LogP contribution in [0.15, 0.2) is 193 Å². The van der Waals surface area contributed by atoms with Gasteiger partial charge in [0.25, 0.3) is 0 Å². The Kier molecular flexibility index (Phi) is 12.0. The molecule has 5 nitrogen and oxygen atoms in total. The first-order chi connectivity index (χ1) is 24.8. The van der Waals surface area contributed by atoms with Crippen LogP contribution < -0.4 is 9.80 Å². The van der Waals surface area contributed by atoms with E-state index in [-0.39, 0.29) is 5.57 Å². The lowest BCUT2D eigenvalue weighted by atomic mass is 9.99. The smallest absolute Gasteiger partial charge is 0.346 e. The second kappa shape index (κ2) is 17.1. The molecule has 0 unspecified atom stereocenters. The maximum atomic E-state index is 11.0. The van der Waals surface area contributed by atoms with Crippen LogP contribution in [0.2, 0.25) is 0 Å². The molecule has 5 heteroatoms. The molecule has 0 heterocycles. The number of allylic oxidation sites excluding steroid dienone is 10. The van der Waals surface area contributed by atoms with Crippen LogP contribution in [0.1, 0.15) is 31.4 Å². The van der Waals surface area contributed by atoms with Gasteiger partial charge < -0.3 is 14.9 Å². The highest BCUT2D eigenvalue weighted by molar-refractivity contribution is 5.91. The number of carboxylic acids is 1. The number of hydrogen-bond donors (Lipinski definition) is 1. The molecule has 252 valence electrons. The number of anilines is 3. The zero-order valence-electron chi connectivity index (χ0n) is 29.0. The summed E-state index contributed by atoms with van der Waals surface area (Å²) >= 11 is 0. The van der Waals surface area contributed by atoms with Crippen LogP contribution in [0, 0.1) is 11.3 Å². The van der Waals surface area contributed by atoms with E-state index in [1.807, 2.05) is 35.2 Å². The number of aliphatic carboxylic acids is 1. The molecule has 0 bridgehead atoms. The molecule has 0 spiro atoms. The summed E-state index contributed by atoms with van der Waals surface area (Å²) < 4.78 is 0. The third-order valence-corrected chi connectivity index (χ3v) is 8.62. The molecule has 4 aromatic rings. The average molecular weight is 668 g/mol. The summed E-state index contributed by atoms with van der Waals surface area (Å²) in [6.45, 7) is 12.4. The van der Waals surface area contributed by atoms with Gasteiger partial charge in [0, 0.05) is 34.2 Å². The highest BCUT2D eigenvalue weighted by Crippen LogP contribution is 2.33. The van der Waals surface area contributed by atoms with Crippen molar-refractivity contribution in [1.82, 2.24) is 0 Å². The molecule has 51 heavy (non-hydrogen) atoms. The van der Waals surface area contributed by atoms with Crippen molar-refractivity contribution in [2.24, 2.45) is 0 Å². The number of carbonyl (C=O) groups is 1. The van der Waals surface area contributed by atoms with E-state index in [1.165, 1.54) is 28.6 Å². The molecule has 1 N–H and O–H groups in total. The van der Waals surface area contributed by atoms with Crippen LogP contribution in [-0.4, -0.2) is 11.1 Å². The van der Waals surface area contributed by atoms with E-state index in [0.717, 1.165) is 52.3 Å². The zero-order chi connectivity index (χ0) is 36.2. The van der Waals surface area contributed by atoms with Crippen molar-refractivity contribution in [1.29, 1.82) is 5.26 Å². The Balaban J connectivity index is 1.26. The highest BCUT2D eigenvalue weighted by atomic mass is 16.4. The minimum Gasteiger partial charge on any atom is -0.477 e. The topological polar surface area (TPSA) is 67.6 Å². The molecule has 0 aromatic heterocycles. The highest BCUT2D eigenvalue weighted by Gasteiger charge is 2.14. The van der Waals surface area contributed by atoms with Crippen molar-refractivity contribution < 1.29 is 9.90 Å². The standard InChI is InChI=1S/C46H41N3O2/c1-5-34(3)48(42-15-8-7-9-16-42)43-17-11-13-37(22-29-43)32-38-18-23-39(24-19-38)40-25-30-45(31-26-40)49(35(4)6-2)44-27-20-36(21-28-44)12-10-14-41(33-47)46(50)51/h5-10,12-31H,2,4,11,32H2,1,3H3,(H,50,51)/b12-10+,34-5+,41-14+. The van der Waals surface area contributed by atoms with Crippen LogP contribution in [-0.2, 0) is 11.2 Å². The molecule has 0 aliphatic heterocycles. The molecule has 0 amide bonds. The Labute approximate surface area is 301 Å². The minimum absolute atomic E-state index is 0.320. The number of benzene rings is 4. The van der Waals surface area contributed by atoms with Gasteiger partial charge in [0.15, 0.2) is 0 Å². The molecule has 4 aromatic carbocycles. The van der Waals surface area contributed by atoms with Gasteiger partial charge in [0.1, 0.15) is 11.6 Å². The van der Waals surface area contributed by atoms with Crippen LogP contribution in [0.25, 0.3) is 17.2 Å². The molecule has 0 saturated heterocycles. The maximum Gasteiger partial charge on any atom is 0.346 e. The fourth-order valence-electron chi connectivity index (χ4n) is 5.79. The molecule has 0 atom stereocenters. The molecule has 0 radical (unpaired) electrons. The third-order valence-electron chi connectivity index (χ3n) is 8.62. The maximum absolute atomic E-state index is 11.0. The molecular weight excluding hydrogens is 627 g/mol. The predicted molar refractivity (Wildman–Crippen MR) is 212 cm³/mol. The van der Waals surface area contributed by atoms with Gasteiger partial charge in [0.2, 0.25) is 0 Å². The van der Waals surface area contributed by atoms with Crippen molar-refractivity contribution in [3.05, 3.63) is 204 Å². The Bertz CT molecular complexity index is 2100. The first-order valence-corrected chi connectivity index (χ1v) is 16.8. The summed E-state index contributed by atoms with van der Waals surface area (Å²) in [4.78, 5) is 15.4. The molecule has 0 saturated carbocycles. The average Bonchev–Trinajstić information content (AvgIpc) is 3.40. The first-order valence-electron chi connectivity index (χ1n) is 16.8. The first kappa shape index (κ1) is 35.7. The summed E-state index contributed by atoms with van der Waals surface area (Å²) in [6, 6.07) is 37.1. The number of hydrogen-bond acceptors (Lipinski definition) is 4. The number of carboxylic acid groups (broad SMARTS) is 1. The van der Waals surface area contributed by atoms with Gasteiger partial charge in [0.05, 0.1) is 0 Å². The van der Waals surface area contributed by atoms with Crippen molar-refractivity contribution >= 4 is 29.1 Å². The summed E-state index contributed by atoms with van der Waals surface area (Å²) in [5, 5.41) is 17.9. The number of para-hydroxylation sites is 1. The summed E-state index contributed by atoms with van der Waals surface area (Å²) in [7, 11) is 0. The Morgan fingerprint density at radius 3 is 2.04 bits per heavy atom. The minimum atomic E-state index is -1.25. The monoisotopic (exact) mass is 667 g/mol. The van der Waals surface area contributed by atoms with Crippen LogP contribution in [0.5, 0.6) is 0 Å². The fourth-order valence-corrected chi connectivity index (χ4v) is 5.79. The van der Waals surface area contributed by atoms with E-state index in [1.54, 1.807) is 24.3 Å². The van der Waals surface area contributed by atoms with Gasteiger partial charge in [-0.1, -0.05) is 116 Å². The van der Waals surface area contributed by atoms with Gasteiger partial charge in [-0.3, -0.25) is 0 Å². The Morgan fingerprint density at radius 1 is 0.843 bits per heavy atom. The molecule has 1 aliphatic carbocycles. The van der Waals surface area contributed by atoms with Crippen molar-refractivity contribution in [2.45, 2.75) is 26.7 Å². The van der Waals surface area contributed by atoms with Gasteiger partial charge in [-0.25, -0.2) is 4.79 Å². The summed E-state index contributed by atoms with van der Waals surface area (Å²) in [5.41, 5.74) is 11.4. The van der Waals surface area contributed by atoms with E-state index in [4.69, 9.17) is 10.4 Å². The molecule has 5 rings (SSSR count). The van der Waals surface area contributed by atoms with Crippen molar-refractivity contribution in [2.75, 3.05) is 9.80 Å². The van der Waals surface area contributed by atoms with E-state index in [0.29, 0.717) is 0 Å². The molecule has 0 fully saturated rings. The summed E-state index contributed by atoms with van der Waals surface area (Å²) in [6.07, 6.45) is 19.2. The number of rotatable bonds is 13. The van der Waals surface area contributed by atoms with Crippen molar-refractivity contribution in [3.63, 3.8) is 0 Å². The van der Waals surface area contributed by atoms with Gasteiger partial charge in [-0.2, -0.15) is 5.26 Å². The van der Waals surface area contributed by atoms with Crippen LogP contribution in [0.4, 0.5) is 17.1 Å². The normalized spacial score (nSPS) is 13.1. The Hall–Kier alpha value is -6.64. The molecule has 1 aliphatic rings. The van der Waals surface area contributed by atoms with Gasteiger partial charge >= 0.3 is 5.97 Å². The van der Waals surface area contributed by atoms with E-state index in [9.17, 15) is 4.79 Å². The van der Waals surface area contributed by atoms with E-state index >= 15 is 0 Å². The predicted octanol–water partition coefficient (Wildman–Crippen LogP) is 11.5. The van der Waals surface area contributed by atoms with Crippen LogP contribution in [0.3, 0.4) is 0 Å². The Morgan fingerprint density at radius 2 is 1.45 bits per heavy atom. The zero-order valence-corrected chi connectivity index (χ0v) is 29.0. The summed E-state index contributed by atoms with van der Waals surface area (Å²) in [5.74, 6) is -1.25. The van der Waals surface area contributed by atoms with Gasteiger partial charge in [-0.15, -0.1) is 0 Å².